The fourth-order valence-corrected chi connectivity index (χ4v) is 1.68. The van der Waals surface area contributed by atoms with Crippen LogP contribution < -0.4 is 16.0 Å². The molecule has 0 aromatic rings. The van der Waals surface area contributed by atoms with Gasteiger partial charge in [0.25, 0.3) is 0 Å². The van der Waals surface area contributed by atoms with Gasteiger partial charge in [0.05, 0.1) is 6.54 Å². The summed E-state index contributed by atoms with van der Waals surface area (Å²) >= 11 is 0. The molecule has 1 heterocycles. The molecule has 6 heteroatoms. The Morgan fingerprint density at radius 1 is 1.33 bits per heavy atom. The van der Waals surface area contributed by atoms with Gasteiger partial charge in [-0.1, -0.05) is 20.8 Å². The highest BCUT2D eigenvalue weighted by Crippen LogP contribution is 2.11. The van der Waals surface area contributed by atoms with E-state index in [2.05, 4.69) is 16.0 Å². The van der Waals surface area contributed by atoms with Crippen LogP contribution in [0.3, 0.4) is 0 Å². The van der Waals surface area contributed by atoms with E-state index in [-0.39, 0.29) is 36.8 Å². The second-order valence-corrected chi connectivity index (χ2v) is 5.54. The lowest BCUT2D eigenvalue weighted by Gasteiger charge is -2.24. The third kappa shape index (κ3) is 6.21. The number of carbonyl (C=O) groups is 2. The topological polar surface area (TPSA) is 70.2 Å². The van der Waals surface area contributed by atoms with Gasteiger partial charge in [-0.25, -0.2) is 0 Å². The van der Waals surface area contributed by atoms with Gasteiger partial charge in [0.15, 0.2) is 0 Å². The molecule has 0 aromatic heterocycles. The Kier molecular flexibility index (Phi) is 7.25. The summed E-state index contributed by atoms with van der Waals surface area (Å²) in [5.41, 5.74) is -0.452. The Hall–Kier alpha value is -0.810. The summed E-state index contributed by atoms with van der Waals surface area (Å²) in [4.78, 5) is 23.1. The molecule has 0 aliphatic carbocycles. The zero-order valence-electron chi connectivity index (χ0n) is 11.3. The normalized spacial score (nSPS) is 19.6. The zero-order valence-corrected chi connectivity index (χ0v) is 12.2. The molecular weight excluding hydrogens is 254 g/mol. The predicted octanol–water partition coefficient (Wildman–Crippen LogP) is 0.439. The van der Waals surface area contributed by atoms with Gasteiger partial charge in [-0.15, -0.1) is 12.4 Å². The maximum Gasteiger partial charge on any atom is 0.239 e. The molecule has 0 spiro atoms. The molecule has 106 valence electrons. The highest BCUT2D eigenvalue weighted by atomic mass is 35.5. The Balaban J connectivity index is 0.00000289. The Morgan fingerprint density at radius 3 is 2.50 bits per heavy atom. The summed E-state index contributed by atoms with van der Waals surface area (Å²) in [5.74, 6) is -0.217. The molecule has 0 saturated carbocycles. The fraction of sp³-hybridized carbons (Fsp3) is 0.833. The van der Waals surface area contributed by atoms with Gasteiger partial charge in [-0.05, 0) is 19.4 Å². The van der Waals surface area contributed by atoms with Crippen molar-refractivity contribution in [3.05, 3.63) is 0 Å². The summed E-state index contributed by atoms with van der Waals surface area (Å²) in [6.45, 7) is 7.38. The molecule has 3 N–H and O–H groups in total. The van der Waals surface area contributed by atoms with Crippen molar-refractivity contribution >= 4 is 24.2 Å². The number of carbonyl (C=O) groups excluding carboxylic acids is 2. The Bertz CT molecular complexity index is 284. The molecule has 1 unspecified atom stereocenters. The van der Waals surface area contributed by atoms with Crippen LogP contribution in [0.1, 0.15) is 33.6 Å². The van der Waals surface area contributed by atoms with E-state index in [0.717, 1.165) is 25.9 Å². The molecule has 0 aromatic carbocycles. The van der Waals surface area contributed by atoms with Crippen molar-refractivity contribution in [3.8, 4) is 0 Å². The lowest BCUT2D eigenvalue weighted by Crippen LogP contribution is -2.49. The van der Waals surface area contributed by atoms with Crippen LogP contribution >= 0.6 is 12.4 Å². The van der Waals surface area contributed by atoms with Crippen molar-refractivity contribution in [3.63, 3.8) is 0 Å². The molecule has 1 aliphatic heterocycles. The standard InChI is InChI=1S/C12H23N3O2.ClH/c1-12(2,3)11(17)14-8-10(16)15-9-5-4-6-13-7-9;/h9,13H,4-8H2,1-3H3,(H,14,17)(H,15,16);1H. The molecule has 5 nitrogen and oxygen atoms in total. The molecule has 1 atom stereocenters. The van der Waals surface area contributed by atoms with Crippen LogP contribution in [0.15, 0.2) is 0 Å². The maximum absolute atomic E-state index is 11.6. The number of hydrogen-bond donors (Lipinski definition) is 3. The van der Waals surface area contributed by atoms with Crippen molar-refractivity contribution in [2.24, 2.45) is 5.41 Å². The molecule has 1 aliphatic rings. The SMILES string of the molecule is CC(C)(C)C(=O)NCC(=O)NC1CCCNC1.Cl. The lowest BCUT2D eigenvalue weighted by molar-refractivity contribution is -0.131. The van der Waals surface area contributed by atoms with Gasteiger partial charge in [0.1, 0.15) is 0 Å². The first kappa shape index (κ1) is 17.2. The van der Waals surface area contributed by atoms with E-state index in [4.69, 9.17) is 0 Å². The molecule has 1 rings (SSSR count). The first-order valence-electron chi connectivity index (χ1n) is 6.18. The van der Waals surface area contributed by atoms with Crippen molar-refractivity contribution in [1.82, 2.24) is 16.0 Å². The molecule has 0 bridgehead atoms. The highest BCUT2D eigenvalue weighted by molar-refractivity contribution is 5.87. The molecular formula is C12H24ClN3O2. The number of hydrogen-bond acceptors (Lipinski definition) is 3. The van der Waals surface area contributed by atoms with Crippen LogP contribution in [-0.2, 0) is 9.59 Å². The first-order chi connectivity index (χ1) is 7.89. The molecule has 1 saturated heterocycles. The summed E-state index contributed by atoms with van der Waals surface area (Å²) in [5, 5.41) is 8.78. The predicted molar refractivity (Wildman–Crippen MR) is 73.7 cm³/mol. The number of piperidine rings is 1. The van der Waals surface area contributed by atoms with Gasteiger partial charge < -0.3 is 16.0 Å². The Morgan fingerprint density at radius 2 is 2.00 bits per heavy atom. The van der Waals surface area contributed by atoms with Crippen LogP contribution in [0.25, 0.3) is 0 Å². The van der Waals surface area contributed by atoms with E-state index in [9.17, 15) is 9.59 Å². The van der Waals surface area contributed by atoms with E-state index in [1.165, 1.54) is 0 Å². The van der Waals surface area contributed by atoms with Crippen molar-refractivity contribution in [2.45, 2.75) is 39.7 Å². The minimum Gasteiger partial charge on any atom is -0.351 e. The second-order valence-electron chi connectivity index (χ2n) is 5.54. The van der Waals surface area contributed by atoms with Crippen molar-refractivity contribution in [2.75, 3.05) is 19.6 Å². The van der Waals surface area contributed by atoms with Crippen LogP contribution in [-0.4, -0.2) is 37.5 Å². The third-order valence-corrected chi connectivity index (χ3v) is 2.75. The van der Waals surface area contributed by atoms with E-state index < -0.39 is 5.41 Å². The number of amides is 2. The average molecular weight is 278 g/mol. The molecule has 0 radical (unpaired) electrons. The molecule has 2 amide bonds. The first-order valence-corrected chi connectivity index (χ1v) is 6.18. The molecule has 1 fully saturated rings. The lowest BCUT2D eigenvalue weighted by atomic mass is 9.96. The average Bonchev–Trinajstić information content (AvgIpc) is 2.26. The minimum atomic E-state index is -0.452. The summed E-state index contributed by atoms with van der Waals surface area (Å²) in [6, 6.07) is 0.197. The Labute approximate surface area is 115 Å². The number of rotatable bonds is 3. The van der Waals surface area contributed by atoms with Gasteiger partial charge >= 0.3 is 0 Å². The fourth-order valence-electron chi connectivity index (χ4n) is 1.68. The van der Waals surface area contributed by atoms with Gasteiger partial charge in [-0.3, -0.25) is 9.59 Å². The zero-order chi connectivity index (χ0) is 12.9. The van der Waals surface area contributed by atoms with Crippen molar-refractivity contribution in [1.29, 1.82) is 0 Å². The van der Waals surface area contributed by atoms with E-state index in [0.29, 0.717) is 0 Å². The van der Waals surface area contributed by atoms with E-state index >= 15 is 0 Å². The van der Waals surface area contributed by atoms with E-state index in [1.807, 2.05) is 20.8 Å². The summed E-state index contributed by atoms with van der Waals surface area (Å²) in [6.07, 6.45) is 2.09. The van der Waals surface area contributed by atoms with E-state index in [1.54, 1.807) is 0 Å². The molecule has 18 heavy (non-hydrogen) atoms. The van der Waals surface area contributed by atoms with Gasteiger partial charge in [-0.2, -0.15) is 0 Å². The largest absolute Gasteiger partial charge is 0.351 e. The van der Waals surface area contributed by atoms with Crippen LogP contribution in [0.2, 0.25) is 0 Å². The quantitative estimate of drug-likeness (QED) is 0.701. The number of nitrogens with one attached hydrogen (secondary N) is 3. The van der Waals surface area contributed by atoms with Crippen LogP contribution in [0.4, 0.5) is 0 Å². The maximum atomic E-state index is 11.6. The second kappa shape index (κ2) is 7.59. The monoisotopic (exact) mass is 277 g/mol. The summed E-state index contributed by atoms with van der Waals surface area (Å²) in [7, 11) is 0. The summed E-state index contributed by atoms with van der Waals surface area (Å²) < 4.78 is 0. The van der Waals surface area contributed by atoms with Gasteiger partial charge in [0, 0.05) is 18.0 Å². The van der Waals surface area contributed by atoms with Crippen molar-refractivity contribution < 1.29 is 9.59 Å². The number of halogens is 1. The highest BCUT2D eigenvalue weighted by Gasteiger charge is 2.22. The van der Waals surface area contributed by atoms with Crippen LogP contribution in [0, 0.1) is 5.41 Å². The van der Waals surface area contributed by atoms with Crippen LogP contribution in [0.5, 0.6) is 0 Å². The minimum absolute atomic E-state index is 0. The smallest absolute Gasteiger partial charge is 0.239 e. The third-order valence-electron chi connectivity index (χ3n) is 2.75. The van der Waals surface area contributed by atoms with Gasteiger partial charge in [0.2, 0.25) is 11.8 Å².